The molecule has 0 aliphatic heterocycles. The zero-order valence-corrected chi connectivity index (χ0v) is 14.2. The van der Waals surface area contributed by atoms with Crippen molar-refractivity contribution in [3.63, 3.8) is 0 Å². The van der Waals surface area contributed by atoms with Gasteiger partial charge in [0.15, 0.2) is 0 Å². The van der Waals surface area contributed by atoms with E-state index in [1.165, 1.54) is 24.3 Å². The largest absolute Gasteiger partial charge is 0.346 e. The zero-order chi connectivity index (χ0) is 17.9. The first kappa shape index (κ1) is 17.5. The van der Waals surface area contributed by atoms with Crippen LogP contribution in [0.5, 0.6) is 0 Å². The molecule has 0 saturated carbocycles. The average molecular weight is 325 g/mol. The van der Waals surface area contributed by atoms with Gasteiger partial charge in [-0.3, -0.25) is 4.79 Å². The number of para-hydroxylation sites is 1. The Labute approximate surface area is 141 Å². The van der Waals surface area contributed by atoms with Crippen molar-refractivity contribution in [3.8, 4) is 6.07 Å². The van der Waals surface area contributed by atoms with E-state index in [1.807, 2.05) is 26.0 Å². The standard InChI is InChI=1S/C19H20FN3O/c1-12(2)23-13(3)9-15(14(23)4)10-16(11-21)19(24)22-18-8-6-5-7-17(18)20/h5-10,12H,1-4H3,(H,22,24)/b16-10+. The van der Waals surface area contributed by atoms with Crippen LogP contribution in [0.25, 0.3) is 6.08 Å². The van der Waals surface area contributed by atoms with E-state index < -0.39 is 11.7 Å². The van der Waals surface area contributed by atoms with Gasteiger partial charge in [-0.1, -0.05) is 12.1 Å². The van der Waals surface area contributed by atoms with Crippen molar-refractivity contribution in [3.05, 3.63) is 58.7 Å². The molecule has 1 amide bonds. The van der Waals surface area contributed by atoms with Crippen LogP contribution in [0.2, 0.25) is 0 Å². The van der Waals surface area contributed by atoms with Crippen molar-refractivity contribution in [1.29, 1.82) is 5.26 Å². The first-order valence-corrected chi connectivity index (χ1v) is 7.71. The van der Waals surface area contributed by atoms with E-state index in [4.69, 9.17) is 0 Å². The third kappa shape index (κ3) is 3.54. The van der Waals surface area contributed by atoms with E-state index in [0.29, 0.717) is 0 Å². The van der Waals surface area contributed by atoms with Gasteiger partial charge in [-0.15, -0.1) is 0 Å². The number of anilines is 1. The first-order valence-electron chi connectivity index (χ1n) is 7.71. The van der Waals surface area contributed by atoms with Crippen LogP contribution < -0.4 is 5.32 Å². The lowest BCUT2D eigenvalue weighted by atomic mass is 10.1. The van der Waals surface area contributed by atoms with E-state index >= 15 is 0 Å². The summed E-state index contributed by atoms with van der Waals surface area (Å²) in [4.78, 5) is 12.3. The lowest BCUT2D eigenvalue weighted by molar-refractivity contribution is -0.112. The predicted octanol–water partition coefficient (Wildman–Crippen LogP) is 4.37. The van der Waals surface area contributed by atoms with E-state index in [9.17, 15) is 14.4 Å². The monoisotopic (exact) mass is 325 g/mol. The Morgan fingerprint density at radius 1 is 1.33 bits per heavy atom. The molecule has 0 aliphatic carbocycles. The maximum Gasteiger partial charge on any atom is 0.266 e. The Hall–Kier alpha value is -2.87. The maximum atomic E-state index is 13.6. The molecule has 0 unspecified atom stereocenters. The van der Waals surface area contributed by atoms with Crippen molar-refractivity contribution in [2.24, 2.45) is 0 Å². The normalized spacial score (nSPS) is 11.5. The molecule has 0 aliphatic rings. The molecule has 2 aromatic rings. The highest BCUT2D eigenvalue weighted by molar-refractivity contribution is 6.09. The summed E-state index contributed by atoms with van der Waals surface area (Å²) in [6.45, 7) is 8.07. The highest BCUT2D eigenvalue weighted by Gasteiger charge is 2.15. The second-order valence-corrected chi connectivity index (χ2v) is 5.89. The number of hydrogen-bond acceptors (Lipinski definition) is 2. The van der Waals surface area contributed by atoms with Crippen LogP contribution in [-0.4, -0.2) is 10.5 Å². The van der Waals surface area contributed by atoms with Gasteiger partial charge < -0.3 is 9.88 Å². The van der Waals surface area contributed by atoms with Gasteiger partial charge in [0.2, 0.25) is 0 Å². The number of benzene rings is 1. The minimum Gasteiger partial charge on any atom is -0.346 e. The Balaban J connectivity index is 2.33. The predicted molar refractivity (Wildman–Crippen MR) is 92.9 cm³/mol. The number of carbonyl (C=O) groups excluding carboxylic acids is 1. The summed E-state index contributed by atoms with van der Waals surface area (Å²) < 4.78 is 15.8. The zero-order valence-electron chi connectivity index (χ0n) is 14.2. The highest BCUT2D eigenvalue weighted by Crippen LogP contribution is 2.22. The quantitative estimate of drug-likeness (QED) is 0.670. The lowest BCUT2D eigenvalue weighted by Crippen LogP contribution is -2.14. The molecule has 0 saturated heterocycles. The number of nitrogens with one attached hydrogen (secondary N) is 1. The Bertz CT molecular complexity index is 841. The molecule has 0 radical (unpaired) electrons. The van der Waals surface area contributed by atoms with Gasteiger partial charge in [0, 0.05) is 17.4 Å². The van der Waals surface area contributed by atoms with Crippen LogP contribution in [0.1, 0.15) is 36.8 Å². The number of aromatic nitrogens is 1. The number of hydrogen-bond donors (Lipinski definition) is 1. The third-order valence-corrected chi connectivity index (χ3v) is 3.83. The molecule has 1 aromatic heterocycles. The molecule has 5 heteroatoms. The van der Waals surface area contributed by atoms with Crippen molar-refractivity contribution < 1.29 is 9.18 Å². The fourth-order valence-corrected chi connectivity index (χ4v) is 2.80. The van der Waals surface area contributed by atoms with Crippen LogP contribution in [0.3, 0.4) is 0 Å². The Morgan fingerprint density at radius 2 is 2.00 bits per heavy atom. The molecule has 4 nitrogen and oxygen atoms in total. The third-order valence-electron chi connectivity index (χ3n) is 3.83. The van der Waals surface area contributed by atoms with Gasteiger partial charge >= 0.3 is 0 Å². The number of nitriles is 1. The van der Waals surface area contributed by atoms with Crippen LogP contribution in [0.4, 0.5) is 10.1 Å². The van der Waals surface area contributed by atoms with Crippen LogP contribution in [0.15, 0.2) is 35.9 Å². The van der Waals surface area contributed by atoms with E-state index in [0.717, 1.165) is 17.0 Å². The fourth-order valence-electron chi connectivity index (χ4n) is 2.80. The Kier molecular flexibility index (Phi) is 5.20. The smallest absolute Gasteiger partial charge is 0.266 e. The lowest BCUT2D eigenvalue weighted by Gasteiger charge is -2.13. The van der Waals surface area contributed by atoms with E-state index in [1.54, 1.807) is 6.07 Å². The molecule has 24 heavy (non-hydrogen) atoms. The van der Waals surface area contributed by atoms with E-state index in [-0.39, 0.29) is 17.3 Å². The number of nitrogens with zero attached hydrogens (tertiary/aromatic N) is 2. The average Bonchev–Trinajstić information content (AvgIpc) is 2.81. The number of amides is 1. The summed E-state index contributed by atoms with van der Waals surface area (Å²) >= 11 is 0. The summed E-state index contributed by atoms with van der Waals surface area (Å²) in [6, 6.07) is 9.96. The first-order chi connectivity index (χ1) is 11.3. The van der Waals surface area contributed by atoms with Crippen molar-refractivity contribution in [2.75, 3.05) is 5.32 Å². The minimum atomic E-state index is -0.628. The summed E-state index contributed by atoms with van der Waals surface area (Å²) in [5.41, 5.74) is 2.83. The van der Waals surface area contributed by atoms with Crippen molar-refractivity contribution >= 4 is 17.7 Å². The topological polar surface area (TPSA) is 57.8 Å². The molecule has 2 rings (SSSR count). The molecular weight excluding hydrogens is 305 g/mol. The molecule has 0 fully saturated rings. The summed E-state index contributed by atoms with van der Waals surface area (Å²) in [6.07, 6.45) is 1.54. The molecule has 0 atom stereocenters. The van der Waals surface area contributed by atoms with Gasteiger partial charge in [0.05, 0.1) is 5.69 Å². The van der Waals surface area contributed by atoms with Crippen molar-refractivity contribution in [2.45, 2.75) is 33.7 Å². The molecule has 1 heterocycles. The van der Waals surface area contributed by atoms with Crippen LogP contribution >= 0.6 is 0 Å². The minimum absolute atomic E-state index is 0.0521. The second-order valence-electron chi connectivity index (χ2n) is 5.89. The second kappa shape index (κ2) is 7.14. The molecular formula is C19H20FN3O. The molecule has 1 aromatic carbocycles. The van der Waals surface area contributed by atoms with Crippen molar-refractivity contribution in [1.82, 2.24) is 4.57 Å². The van der Waals surface area contributed by atoms with Crippen LogP contribution in [0, 0.1) is 31.0 Å². The summed E-state index contributed by atoms with van der Waals surface area (Å²) in [7, 11) is 0. The van der Waals surface area contributed by atoms with Crippen LogP contribution in [-0.2, 0) is 4.79 Å². The number of aryl methyl sites for hydroxylation is 1. The maximum absolute atomic E-state index is 13.6. The number of halogens is 1. The molecule has 124 valence electrons. The SMILES string of the molecule is Cc1cc(/C=C(\C#N)C(=O)Nc2ccccc2F)c(C)n1C(C)C. The van der Waals surface area contributed by atoms with Gasteiger partial charge in [0.1, 0.15) is 17.5 Å². The van der Waals surface area contributed by atoms with E-state index in [2.05, 4.69) is 23.7 Å². The summed E-state index contributed by atoms with van der Waals surface area (Å²) in [5, 5.41) is 11.7. The van der Waals surface area contributed by atoms with Gasteiger partial charge in [-0.25, -0.2) is 4.39 Å². The van der Waals surface area contributed by atoms with Gasteiger partial charge in [-0.2, -0.15) is 5.26 Å². The fraction of sp³-hybridized carbons (Fsp3) is 0.263. The number of carbonyl (C=O) groups is 1. The summed E-state index contributed by atoms with van der Waals surface area (Å²) in [5.74, 6) is -1.17. The van der Waals surface area contributed by atoms with Gasteiger partial charge in [-0.05, 0) is 57.5 Å². The molecule has 1 N–H and O–H groups in total. The molecule has 0 bridgehead atoms. The Morgan fingerprint density at radius 3 is 2.54 bits per heavy atom. The highest BCUT2D eigenvalue weighted by atomic mass is 19.1. The number of rotatable bonds is 4. The van der Waals surface area contributed by atoms with Gasteiger partial charge in [0.25, 0.3) is 5.91 Å². The molecule has 0 spiro atoms.